The van der Waals surface area contributed by atoms with Crippen LogP contribution in [0.5, 0.6) is 5.75 Å². The van der Waals surface area contributed by atoms with Crippen molar-refractivity contribution in [2.75, 3.05) is 63.9 Å². The Morgan fingerprint density at radius 3 is 2.63 bits per heavy atom. The van der Waals surface area contributed by atoms with Crippen molar-refractivity contribution in [2.45, 2.75) is 0 Å². The Labute approximate surface area is 178 Å². The van der Waals surface area contributed by atoms with E-state index < -0.39 is 0 Å². The van der Waals surface area contributed by atoms with Gasteiger partial charge in [0, 0.05) is 50.9 Å². The van der Waals surface area contributed by atoms with Crippen molar-refractivity contribution in [1.82, 2.24) is 20.0 Å². The molecule has 0 unspecified atom stereocenters. The summed E-state index contributed by atoms with van der Waals surface area (Å²) in [6.07, 6.45) is 1.70. The van der Waals surface area contributed by atoms with Gasteiger partial charge in [0.05, 0.1) is 42.4 Å². The highest BCUT2D eigenvalue weighted by atomic mass is 35.5. The molecule has 1 aromatic carbocycles. The lowest BCUT2D eigenvalue weighted by Gasteiger charge is -2.37. The van der Waals surface area contributed by atoms with Gasteiger partial charge in [0.25, 0.3) is 0 Å². The molecule has 0 atom stereocenters. The lowest BCUT2D eigenvalue weighted by Crippen LogP contribution is -2.51. The zero-order valence-electron chi connectivity index (χ0n) is 16.4. The second-order valence-corrected chi connectivity index (χ2v) is 7.71. The van der Waals surface area contributed by atoms with E-state index in [-0.39, 0.29) is 22.4 Å². The number of nitrogens with one attached hydrogen (secondary N) is 1. The highest BCUT2D eigenvalue weighted by Crippen LogP contribution is 2.40. The van der Waals surface area contributed by atoms with Gasteiger partial charge in [0.15, 0.2) is 0 Å². The average Bonchev–Trinajstić information content (AvgIpc) is 3.25. The molecule has 0 saturated carbocycles. The number of hydrogen-bond acceptors (Lipinski definition) is 8. The van der Waals surface area contributed by atoms with Gasteiger partial charge >= 0.3 is 0 Å². The standard InChI is InChI=1S/C19H23ClN6O4/c20-14-9-13(17(27)10-15(14)23-29)19-16(11-21-22-19)25-3-1-24(2-4-25)12-18(28)26-5-7-30-8-6-26/h9-11,27H,1-8,12H2,(H,21,22). The fourth-order valence-corrected chi connectivity index (χ4v) is 3.99. The molecule has 0 bridgehead atoms. The molecule has 2 fully saturated rings. The monoisotopic (exact) mass is 434 g/mol. The molecule has 160 valence electrons. The number of nitrogens with zero attached hydrogens (tertiary/aromatic N) is 5. The van der Waals surface area contributed by atoms with E-state index in [1.54, 1.807) is 6.20 Å². The zero-order valence-corrected chi connectivity index (χ0v) is 17.1. The maximum absolute atomic E-state index is 12.5. The summed E-state index contributed by atoms with van der Waals surface area (Å²) >= 11 is 6.08. The van der Waals surface area contributed by atoms with Crippen molar-refractivity contribution < 1.29 is 14.6 Å². The Hall–Kier alpha value is -2.69. The largest absolute Gasteiger partial charge is 0.507 e. The third kappa shape index (κ3) is 4.25. The Balaban J connectivity index is 1.42. The summed E-state index contributed by atoms with van der Waals surface area (Å²) in [5.41, 5.74) is 1.87. The van der Waals surface area contributed by atoms with E-state index in [9.17, 15) is 14.8 Å². The lowest BCUT2D eigenvalue weighted by atomic mass is 10.1. The molecule has 10 nitrogen and oxygen atoms in total. The van der Waals surface area contributed by atoms with Crippen molar-refractivity contribution >= 4 is 28.9 Å². The van der Waals surface area contributed by atoms with E-state index in [0.29, 0.717) is 57.2 Å². The molecule has 11 heteroatoms. The first-order chi connectivity index (χ1) is 14.6. The number of piperazine rings is 1. The van der Waals surface area contributed by atoms with Crippen molar-refractivity contribution in [1.29, 1.82) is 0 Å². The van der Waals surface area contributed by atoms with Crippen LogP contribution >= 0.6 is 11.6 Å². The normalized spacial score (nSPS) is 17.9. The summed E-state index contributed by atoms with van der Waals surface area (Å²) in [4.78, 5) is 29.4. The van der Waals surface area contributed by atoms with Crippen LogP contribution in [-0.4, -0.2) is 90.0 Å². The predicted octanol–water partition coefficient (Wildman–Crippen LogP) is 1.81. The Morgan fingerprint density at radius 2 is 1.93 bits per heavy atom. The molecule has 30 heavy (non-hydrogen) atoms. The first-order valence-electron chi connectivity index (χ1n) is 9.79. The summed E-state index contributed by atoms with van der Waals surface area (Å²) in [6, 6.07) is 2.74. The number of rotatable bonds is 5. The highest BCUT2D eigenvalue weighted by molar-refractivity contribution is 6.33. The van der Waals surface area contributed by atoms with E-state index in [1.807, 2.05) is 4.90 Å². The van der Waals surface area contributed by atoms with Crippen molar-refractivity contribution in [3.63, 3.8) is 0 Å². The predicted molar refractivity (Wildman–Crippen MR) is 112 cm³/mol. The fraction of sp³-hybridized carbons (Fsp3) is 0.474. The quantitative estimate of drug-likeness (QED) is 0.689. The first kappa shape index (κ1) is 20.6. The molecule has 2 N–H and O–H groups in total. The molecule has 2 aliphatic rings. The van der Waals surface area contributed by atoms with Gasteiger partial charge in [0.1, 0.15) is 11.4 Å². The zero-order chi connectivity index (χ0) is 21.1. The maximum Gasteiger partial charge on any atom is 0.236 e. The number of H-pyrrole nitrogens is 1. The molecular weight excluding hydrogens is 412 g/mol. The number of carbonyl (C=O) groups excluding carboxylic acids is 1. The second kappa shape index (κ2) is 8.99. The number of benzene rings is 1. The number of amides is 1. The molecule has 4 rings (SSSR count). The van der Waals surface area contributed by atoms with Crippen molar-refractivity contribution in [2.24, 2.45) is 5.18 Å². The van der Waals surface area contributed by atoms with E-state index in [2.05, 4.69) is 25.2 Å². The number of aromatic amines is 1. The summed E-state index contributed by atoms with van der Waals surface area (Å²) < 4.78 is 5.30. The number of carbonyl (C=O) groups is 1. The number of nitroso groups, excluding NO2 is 1. The minimum absolute atomic E-state index is 0.0162. The molecule has 0 radical (unpaired) electrons. The second-order valence-electron chi connectivity index (χ2n) is 7.30. The minimum Gasteiger partial charge on any atom is -0.507 e. The summed E-state index contributed by atoms with van der Waals surface area (Å²) in [5.74, 6) is 0.0356. The van der Waals surface area contributed by atoms with E-state index in [1.165, 1.54) is 12.1 Å². The van der Waals surface area contributed by atoms with Gasteiger partial charge in [-0.15, -0.1) is 4.91 Å². The molecular formula is C19H23ClN6O4. The molecule has 2 aromatic rings. The minimum atomic E-state index is -0.103. The van der Waals surface area contributed by atoms with E-state index >= 15 is 0 Å². The van der Waals surface area contributed by atoms with Crippen LogP contribution in [0.2, 0.25) is 5.02 Å². The molecule has 0 spiro atoms. The van der Waals surface area contributed by atoms with Crippen LogP contribution in [0.1, 0.15) is 0 Å². The molecule has 2 saturated heterocycles. The van der Waals surface area contributed by atoms with Crippen LogP contribution in [0, 0.1) is 4.91 Å². The van der Waals surface area contributed by atoms with Gasteiger partial charge in [-0.1, -0.05) is 11.6 Å². The van der Waals surface area contributed by atoms with Gasteiger partial charge in [-0.25, -0.2) is 0 Å². The average molecular weight is 435 g/mol. The van der Waals surface area contributed by atoms with Gasteiger partial charge in [-0.3, -0.25) is 14.8 Å². The molecule has 1 aromatic heterocycles. The Morgan fingerprint density at radius 1 is 1.20 bits per heavy atom. The number of ether oxygens (including phenoxy) is 1. The molecule has 2 aliphatic heterocycles. The number of aromatic nitrogens is 2. The number of morpholine rings is 1. The number of aromatic hydroxyl groups is 1. The smallest absolute Gasteiger partial charge is 0.236 e. The molecule has 1 amide bonds. The van der Waals surface area contributed by atoms with Crippen LogP contribution in [0.3, 0.4) is 0 Å². The van der Waals surface area contributed by atoms with Gasteiger partial charge in [-0.2, -0.15) is 5.10 Å². The maximum atomic E-state index is 12.5. The highest BCUT2D eigenvalue weighted by Gasteiger charge is 2.25. The summed E-state index contributed by atoms with van der Waals surface area (Å²) in [6.45, 7) is 5.82. The fourth-order valence-electron chi connectivity index (χ4n) is 3.79. The van der Waals surface area contributed by atoms with E-state index in [0.717, 1.165) is 18.8 Å². The van der Waals surface area contributed by atoms with Crippen LogP contribution in [0.25, 0.3) is 11.3 Å². The number of hydrogen-bond donors (Lipinski definition) is 2. The lowest BCUT2D eigenvalue weighted by molar-refractivity contribution is -0.136. The number of halogens is 1. The first-order valence-corrected chi connectivity index (χ1v) is 10.2. The van der Waals surface area contributed by atoms with Gasteiger partial charge < -0.3 is 19.6 Å². The van der Waals surface area contributed by atoms with Crippen LogP contribution in [0.4, 0.5) is 11.4 Å². The van der Waals surface area contributed by atoms with Crippen LogP contribution in [-0.2, 0) is 9.53 Å². The third-order valence-corrected chi connectivity index (χ3v) is 5.79. The molecule has 3 heterocycles. The Bertz CT molecular complexity index is 922. The summed E-state index contributed by atoms with van der Waals surface area (Å²) in [5, 5.41) is 20.3. The van der Waals surface area contributed by atoms with Crippen LogP contribution in [0.15, 0.2) is 23.5 Å². The number of anilines is 1. The third-order valence-electron chi connectivity index (χ3n) is 5.49. The van der Waals surface area contributed by atoms with Gasteiger partial charge in [0.2, 0.25) is 5.91 Å². The van der Waals surface area contributed by atoms with E-state index in [4.69, 9.17) is 16.3 Å². The number of phenols is 1. The van der Waals surface area contributed by atoms with Gasteiger partial charge in [-0.05, 0) is 11.2 Å². The SMILES string of the molecule is O=Nc1cc(O)c(-c2[nH]ncc2N2CCN(CC(=O)N3CCOCC3)CC2)cc1Cl. The topological polar surface area (TPSA) is 114 Å². The summed E-state index contributed by atoms with van der Waals surface area (Å²) in [7, 11) is 0. The number of phenolic OH excluding ortho intramolecular Hbond substituents is 1. The molecule has 0 aliphatic carbocycles. The van der Waals surface area contributed by atoms with Crippen molar-refractivity contribution in [3.05, 3.63) is 28.3 Å². The van der Waals surface area contributed by atoms with Crippen molar-refractivity contribution in [3.8, 4) is 17.0 Å². The van der Waals surface area contributed by atoms with Crippen LogP contribution < -0.4 is 4.90 Å². The Kier molecular flexibility index (Phi) is 6.16.